The molecule has 0 aliphatic heterocycles. The van der Waals surface area contributed by atoms with Gasteiger partial charge in [-0.3, -0.25) is 0 Å². The molecule has 1 N–H and O–H groups in total. The normalized spacial score (nSPS) is 13.6. The maximum Gasteiger partial charge on any atom is 0.419 e. The van der Waals surface area contributed by atoms with Crippen molar-refractivity contribution in [3.05, 3.63) is 29.3 Å². The fraction of sp³-hybridized carbons (Fsp3) is 0.455. The van der Waals surface area contributed by atoms with Crippen LogP contribution in [-0.2, 0) is 12.6 Å². The first-order valence-electron chi connectivity index (χ1n) is 4.76. The summed E-state index contributed by atoms with van der Waals surface area (Å²) >= 11 is 0. The molecule has 0 unspecified atom stereocenters. The monoisotopic (exact) mass is 234 g/mol. The third kappa shape index (κ3) is 3.13. The van der Waals surface area contributed by atoms with Gasteiger partial charge in [-0.2, -0.15) is 13.2 Å². The van der Waals surface area contributed by atoms with Gasteiger partial charge in [0.05, 0.1) is 18.8 Å². The van der Waals surface area contributed by atoms with Crippen LogP contribution in [-0.4, -0.2) is 18.3 Å². The SMILES string of the molecule is COc1cc(C[C@H](C)O)ccc1C(F)(F)F. The van der Waals surface area contributed by atoms with E-state index in [0.717, 1.165) is 6.07 Å². The zero-order valence-corrected chi connectivity index (χ0v) is 9.01. The third-order valence-corrected chi connectivity index (χ3v) is 2.10. The van der Waals surface area contributed by atoms with E-state index in [1.165, 1.54) is 19.2 Å². The van der Waals surface area contributed by atoms with Crippen LogP contribution in [0.25, 0.3) is 0 Å². The second-order valence-corrected chi connectivity index (χ2v) is 3.59. The lowest BCUT2D eigenvalue weighted by atomic mass is 10.1. The number of ether oxygens (including phenoxy) is 1. The molecule has 90 valence electrons. The third-order valence-electron chi connectivity index (χ3n) is 2.10. The molecule has 0 amide bonds. The summed E-state index contributed by atoms with van der Waals surface area (Å²) in [5.74, 6) is -0.217. The molecule has 0 aliphatic carbocycles. The van der Waals surface area contributed by atoms with Gasteiger partial charge in [-0.15, -0.1) is 0 Å². The summed E-state index contributed by atoms with van der Waals surface area (Å²) in [6, 6.07) is 3.62. The smallest absolute Gasteiger partial charge is 0.419 e. The fourth-order valence-electron chi connectivity index (χ4n) is 1.44. The number of hydrogen-bond donors (Lipinski definition) is 1. The molecule has 1 aromatic rings. The van der Waals surface area contributed by atoms with Gasteiger partial charge in [0, 0.05) is 0 Å². The van der Waals surface area contributed by atoms with Crippen molar-refractivity contribution in [2.75, 3.05) is 7.11 Å². The van der Waals surface area contributed by atoms with E-state index in [4.69, 9.17) is 9.84 Å². The Bertz CT molecular complexity index is 359. The Morgan fingerprint density at radius 2 is 2.00 bits per heavy atom. The Balaban J connectivity index is 3.07. The van der Waals surface area contributed by atoms with E-state index >= 15 is 0 Å². The molecule has 0 bridgehead atoms. The molecule has 0 radical (unpaired) electrons. The van der Waals surface area contributed by atoms with E-state index < -0.39 is 17.8 Å². The Morgan fingerprint density at radius 3 is 2.44 bits per heavy atom. The average molecular weight is 234 g/mol. The van der Waals surface area contributed by atoms with Crippen molar-refractivity contribution >= 4 is 0 Å². The summed E-state index contributed by atoms with van der Waals surface area (Å²) < 4.78 is 42.2. The molecule has 0 saturated carbocycles. The van der Waals surface area contributed by atoms with Crippen molar-refractivity contribution in [2.45, 2.75) is 25.6 Å². The minimum absolute atomic E-state index is 0.217. The van der Waals surface area contributed by atoms with Crippen LogP contribution in [0.4, 0.5) is 13.2 Å². The summed E-state index contributed by atoms with van der Waals surface area (Å²) in [6.45, 7) is 1.57. The van der Waals surface area contributed by atoms with Gasteiger partial charge >= 0.3 is 6.18 Å². The summed E-state index contributed by atoms with van der Waals surface area (Å²) in [5, 5.41) is 9.14. The number of aliphatic hydroxyl groups excluding tert-OH is 1. The molecule has 5 heteroatoms. The molecule has 0 aromatic heterocycles. The van der Waals surface area contributed by atoms with Crippen LogP contribution in [0.15, 0.2) is 18.2 Å². The first-order chi connectivity index (χ1) is 7.34. The van der Waals surface area contributed by atoms with Crippen molar-refractivity contribution in [2.24, 2.45) is 0 Å². The molecule has 16 heavy (non-hydrogen) atoms. The zero-order chi connectivity index (χ0) is 12.3. The number of alkyl halides is 3. The lowest BCUT2D eigenvalue weighted by Crippen LogP contribution is -2.09. The molecular weight excluding hydrogens is 221 g/mol. The van der Waals surface area contributed by atoms with Crippen molar-refractivity contribution in [1.82, 2.24) is 0 Å². The van der Waals surface area contributed by atoms with Gasteiger partial charge < -0.3 is 9.84 Å². The minimum atomic E-state index is -4.42. The average Bonchev–Trinajstić information content (AvgIpc) is 2.14. The molecule has 0 fully saturated rings. The Morgan fingerprint density at radius 1 is 1.38 bits per heavy atom. The van der Waals surface area contributed by atoms with Crippen LogP contribution in [0, 0.1) is 0 Å². The maximum atomic E-state index is 12.5. The Labute approximate surface area is 91.7 Å². The number of methoxy groups -OCH3 is 1. The summed E-state index contributed by atoms with van der Waals surface area (Å²) in [4.78, 5) is 0. The maximum absolute atomic E-state index is 12.5. The summed E-state index contributed by atoms with van der Waals surface area (Å²) in [7, 11) is 1.19. The van der Waals surface area contributed by atoms with E-state index in [2.05, 4.69) is 0 Å². The lowest BCUT2D eigenvalue weighted by molar-refractivity contribution is -0.138. The van der Waals surface area contributed by atoms with E-state index in [-0.39, 0.29) is 5.75 Å². The largest absolute Gasteiger partial charge is 0.496 e. The predicted octanol–water partition coefficient (Wildman–Crippen LogP) is 2.64. The quantitative estimate of drug-likeness (QED) is 0.871. The minimum Gasteiger partial charge on any atom is -0.496 e. The van der Waals surface area contributed by atoms with Gasteiger partial charge in [0.25, 0.3) is 0 Å². The second kappa shape index (κ2) is 4.74. The van der Waals surface area contributed by atoms with Crippen molar-refractivity contribution in [3.63, 3.8) is 0 Å². The highest BCUT2D eigenvalue weighted by atomic mass is 19.4. The molecule has 2 nitrogen and oxygen atoms in total. The van der Waals surface area contributed by atoms with Crippen LogP contribution in [0.3, 0.4) is 0 Å². The fourth-order valence-corrected chi connectivity index (χ4v) is 1.44. The van der Waals surface area contributed by atoms with Crippen LogP contribution >= 0.6 is 0 Å². The lowest BCUT2D eigenvalue weighted by Gasteiger charge is -2.13. The Hall–Kier alpha value is -1.23. The molecule has 1 rings (SSSR count). The zero-order valence-electron chi connectivity index (χ0n) is 9.01. The van der Waals surface area contributed by atoms with Crippen molar-refractivity contribution in [1.29, 1.82) is 0 Å². The van der Waals surface area contributed by atoms with Crippen molar-refractivity contribution < 1.29 is 23.0 Å². The van der Waals surface area contributed by atoms with Crippen LogP contribution < -0.4 is 4.74 Å². The molecular formula is C11H13F3O2. The molecule has 1 aromatic carbocycles. The van der Waals surface area contributed by atoms with E-state index in [9.17, 15) is 13.2 Å². The van der Waals surface area contributed by atoms with Crippen molar-refractivity contribution in [3.8, 4) is 5.75 Å². The topological polar surface area (TPSA) is 29.5 Å². The van der Waals surface area contributed by atoms with Gasteiger partial charge in [-0.05, 0) is 31.0 Å². The first kappa shape index (κ1) is 12.8. The van der Waals surface area contributed by atoms with E-state index in [1.807, 2.05) is 0 Å². The predicted molar refractivity (Wildman–Crippen MR) is 53.4 cm³/mol. The summed E-state index contributed by atoms with van der Waals surface area (Å²) in [5.41, 5.74) is -0.191. The second-order valence-electron chi connectivity index (χ2n) is 3.59. The van der Waals surface area contributed by atoms with E-state index in [0.29, 0.717) is 12.0 Å². The van der Waals surface area contributed by atoms with E-state index in [1.54, 1.807) is 6.92 Å². The molecule has 0 saturated heterocycles. The number of aliphatic hydroxyl groups is 1. The standard InChI is InChI=1S/C11H13F3O2/c1-7(15)5-8-3-4-9(11(12,13)14)10(6-8)16-2/h3-4,6-7,15H,5H2,1-2H3/t7-/m0/s1. The number of hydrogen-bond acceptors (Lipinski definition) is 2. The Kier molecular flexibility index (Phi) is 3.80. The van der Waals surface area contributed by atoms with Crippen LogP contribution in [0.1, 0.15) is 18.1 Å². The molecule has 0 spiro atoms. The summed E-state index contributed by atoms with van der Waals surface area (Å²) in [6.07, 6.45) is -4.72. The molecule has 0 aliphatic rings. The van der Waals surface area contributed by atoms with Gasteiger partial charge in [-0.25, -0.2) is 0 Å². The highest BCUT2D eigenvalue weighted by Crippen LogP contribution is 2.36. The van der Waals surface area contributed by atoms with Gasteiger partial charge in [0.2, 0.25) is 0 Å². The van der Waals surface area contributed by atoms with Gasteiger partial charge in [0.15, 0.2) is 0 Å². The highest BCUT2D eigenvalue weighted by molar-refractivity contribution is 5.39. The van der Waals surface area contributed by atoms with Crippen LogP contribution in [0.2, 0.25) is 0 Å². The molecule has 1 atom stereocenters. The number of halogens is 3. The number of benzene rings is 1. The highest BCUT2D eigenvalue weighted by Gasteiger charge is 2.34. The number of rotatable bonds is 3. The molecule has 0 heterocycles. The van der Waals surface area contributed by atoms with Gasteiger partial charge in [-0.1, -0.05) is 6.07 Å². The van der Waals surface area contributed by atoms with Crippen LogP contribution in [0.5, 0.6) is 5.75 Å². The first-order valence-corrected chi connectivity index (χ1v) is 4.76. The van der Waals surface area contributed by atoms with Gasteiger partial charge in [0.1, 0.15) is 5.75 Å².